The summed E-state index contributed by atoms with van der Waals surface area (Å²) >= 11 is 0. The van der Waals surface area contributed by atoms with Crippen molar-refractivity contribution in [1.29, 1.82) is 0 Å². The number of aliphatic hydroxyl groups excluding tert-OH is 1. The van der Waals surface area contributed by atoms with Crippen molar-refractivity contribution < 1.29 is 9.84 Å². The van der Waals surface area contributed by atoms with Gasteiger partial charge in [0.05, 0.1) is 18.3 Å². The highest BCUT2D eigenvalue weighted by molar-refractivity contribution is 4.79. The summed E-state index contributed by atoms with van der Waals surface area (Å²) in [6.45, 7) is 9.68. The number of nitrogens with two attached hydrogens (primary N) is 1. The van der Waals surface area contributed by atoms with Gasteiger partial charge in [-0.3, -0.25) is 0 Å². The van der Waals surface area contributed by atoms with E-state index in [1.165, 1.54) is 0 Å². The molecular weight excluding hydrogens is 240 g/mol. The summed E-state index contributed by atoms with van der Waals surface area (Å²) in [6.07, 6.45) is 4.24. The van der Waals surface area contributed by atoms with Crippen LogP contribution in [0, 0.1) is 0 Å². The number of hydrogen-bond donors (Lipinski definition) is 3. The smallest absolute Gasteiger partial charge is 0.0653 e. The van der Waals surface area contributed by atoms with Crippen LogP contribution in [0.25, 0.3) is 0 Å². The van der Waals surface area contributed by atoms with E-state index in [0.717, 1.165) is 38.6 Å². The van der Waals surface area contributed by atoms with E-state index >= 15 is 0 Å². The minimum absolute atomic E-state index is 0.180. The van der Waals surface area contributed by atoms with Gasteiger partial charge in [0, 0.05) is 5.54 Å². The van der Waals surface area contributed by atoms with E-state index in [-0.39, 0.29) is 17.2 Å². The molecule has 0 amide bonds. The van der Waals surface area contributed by atoms with Crippen LogP contribution in [0.4, 0.5) is 0 Å². The van der Waals surface area contributed by atoms with Crippen LogP contribution in [-0.2, 0) is 4.74 Å². The van der Waals surface area contributed by atoms with Crippen LogP contribution in [0.5, 0.6) is 0 Å². The molecule has 4 nitrogen and oxygen atoms in total. The van der Waals surface area contributed by atoms with Gasteiger partial charge >= 0.3 is 0 Å². The van der Waals surface area contributed by atoms with E-state index in [4.69, 9.17) is 10.5 Å². The third-order valence-corrected chi connectivity index (χ3v) is 3.51. The van der Waals surface area contributed by atoms with Gasteiger partial charge < -0.3 is 20.9 Å². The molecule has 0 aromatic carbocycles. The Labute approximate surface area is 119 Å². The number of nitrogens with one attached hydrogen (secondary N) is 1. The molecule has 0 radical (unpaired) electrons. The Balaban J connectivity index is 4.02. The summed E-state index contributed by atoms with van der Waals surface area (Å²) in [5, 5.41) is 13.0. The van der Waals surface area contributed by atoms with Crippen molar-refractivity contribution in [1.82, 2.24) is 5.32 Å². The first-order valence-corrected chi connectivity index (χ1v) is 7.48. The fourth-order valence-corrected chi connectivity index (χ4v) is 1.84. The molecule has 4 heteroatoms. The Morgan fingerprint density at radius 1 is 1.26 bits per heavy atom. The van der Waals surface area contributed by atoms with Crippen LogP contribution in [0.1, 0.15) is 59.8 Å². The molecule has 0 saturated heterocycles. The van der Waals surface area contributed by atoms with Crippen molar-refractivity contribution in [2.75, 3.05) is 20.2 Å². The average Bonchev–Trinajstić information content (AvgIpc) is 2.33. The molecule has 4 N–H and O–H groups in total. The highest BCUT2D eigenvalue weighted by Crippen LogP contribution is 2.24. The minimum atomic E-state index is -0.304. The summed E-state index contributed by atoms with van der Waals surface area (Å²) in [5.74, 6) is 0. The van der Waals surface area contributed by atoms with Gasteiger partial charge in [0.15, 0.2) is 0 Å². The Morgan fingerprint density at radius 3 is 2.37 bits per heavy atom. The SMILES string of the molecule is CCC(C)(CCC(O)CCCNC)OCC(C)(C)N. The van der Waals surface area contributed by atoms with Crippen LogP contribution < -0.4 is 11.1 Å². The van der Waals surface area contributed by atoms with Gasteiger partial charge in [-0.15, -0.1) is 0 Å². The number of hydrogen-bond acceptors (Lipinski definition) is 4. The third-order valence-electron chi connectivity index (χ3n) is 3.51. The lowest BCUT2D eigenvalue weighted by atomic mass is 9.93. The summed E-state index contributed by atoms with van der Waals surface area (Å²) in [4.78, 5) is 0. The maximum Gasteiger partial charge on any atom is 0.0653 e. The number of aliphatic hydroxyl groups is 1. The van der Waals surface area contributed by atoms with Gasteiger partial charge in [-0.25, -0.2) is 0 Å². The van der Waals surface area contributed by atoms with Crippen molar-refractivity contribution >= 4 is 0 Å². The molecule has 0 aromatic heterocycles. The highest BCUT2D eigenvalue weighted by atomic mass is 16.5. The standard InChI is InChI=1S/C15H34N2O2/c1-6-15(4,19-12-14(2,3)16)10-9-13(18)8-7-11-17-5/h13,17-18H,6-12,16H2,1-5H3. The molecule has 0 aliphatic carbocycles. The van der Waals surface area contributed by atoms with Gasteiger partial charge in [-0.1, -0.05) is 6.92 Å². The molecule has 0 spiro atoms. The van der Waals surface area contributed by atoms with E-state index in [2.05, 4.69) is 19.2 Å². The van der Waals surface area contributed by atoms with E-state index in [0.29, 0.717) is 6.61 Å². The van der Waals surface area contributed by atoms with Crippen molar-refractivity contribution in [3.8, 4) is 0 Å². The zero-order chi connectivity index (χ0) is 14.9. The van der Waals surface area contributed by atoms with Crippen LogP contribution >= 0.6 is 0 Å². The maximum atomic E-state index is 9.95. The van der Waals surface area contributed by atoms with E-state index in [1.54, 1.807) is 0 Å². The van der Waals surface area contributed by atoms with E-state index < -0.39 is 0 Å². The first-order chi connectivity index (χ1) is 8.72. The Morgan fingerprint density at radius 2 is 1.89 bits per heavy atom. The lowest BCUT2D eigenvalue weighted by Crippen LogP contribution is -2.42. The highest BCUT2D eigenvalue weighted by Gasteiger charge is 2.26. The number of ether oxygens (including phenoxy) is 1. The van der Waals surface area contributed by atoms with Gasteiger partial charge in [-0.05, 0) is 66.5 Å². The quantitative estimate of drug-likeness (QED) is 0.504. The van der Waals surface area contributed by atoms with E-state index in [1.807, 2.05) is 20.9 Å². The second kappa shape index (κ2) is 8.90. The molecule has 0 fully saturated rings. The van der Waals surface area contributed by atoms with Crippen molar-refractivity contribution in [3.63, 3.8) is 0 Å². The zero-order valence-corrected chi connectivity index (χ0v) is 13.5. The predicted octanol–water partition coefficient (Wildman–Crippen LogP) is 2.05. The topological polar surface area (TPSA) is 67.5 Å². The van der Waals surface area contributed by atoms with Gasteiger partial charge in [0.25, 0.3) is 0 Å². The molecule has 0 aliphatic heterocycles. The van der Waals surface area contributed by atoms with Crippen LogP contribution in [0.3, 0.4) is 0 Å². The molecule has 0 aromatic rings. The maximum absolute atomic E-state index is 9.95. The fourth-order valence-electron chi connectivity index (χ4n) is 1.84. The Bertz CT molecular complexity index is 229. The molecule has 0 aliphatic rings. The molecule has 0 rings (SSSR count). The summed E-state index contributed by atoms with van der Waals surface area (Å²) < 4.78 is 5.97. The van der Waals surface area contributed by atoms with Crippen molar-refractivity contribution in [3.05, 3.63) is 0 Å². The van der Waals surface area contributed by atoms with Gasteiger partial charge in [0.2, 0.25) is 0 Å². The lowest BCUT2D eigenvalue weighted by molar-refractivity contribution is -0.0635. The van der Waals surface area contributed by atoms with E-state index in [9.17, 15) is 5.11 Å². The monoisotopic (exact) mass is 274 g/mol. The molecule has 0 bridgehead atoms. The van der Waals surface area contributed by atoms with Crippen LogP contribution in [-0.4, -0.2) is 42.5 Å². The normalized spacial score (nSPS) is 17.2. The largest absolute Gasteiger partial charge is 0.393 e. The molecule has 2 atom stereocenters. The lowest BCUT2D eigenvalue weighted by Gasteiger charge is -2.33. The molecule has 0 heterocycles. The van der Waals surface area contributed by atoms with Crippen molar-refractivity contribution in [2.24, 2.45) is 5.73 Å². The molecule has 0 saturated carbocycles. The van der Waals surface area contributed by atoms with Crippen LogP contribution in [0.15, 0.2) is 0 Å². The third kappa shape index (κ3) is 10.3. The van der Waals surface area contributed by atoms with Gasteiger partial charge in [-0.2, -0.15) is 0 Å². The predicted molar refractivity (Wildman–Crippen MR) is 81.3 cm³/mol. The average molecular weight is 274 g/mol. The Kier molecular flexibility index (Phi) is 8.83. The summed E-state index contributed by atoms with van der Waals surface area (Å²) in [5.41, 5.74) is 5.47. The second-order valence-electron chi connectivity index (χ2n) is 6.52. The second-order valence-corrected chi connectivity index (χ2v) is 6.52. The summed E-state index contributed by atoms with van der Waals surface area (Å²) in [6, 6.07) is 0. The first-order valence-electron chi connectivity index (χ1n) is 7.48. The fraction of sp³-hybridized carbons (Fsp3) is 1.00. The van der Waals surface area contributed by atoms with Crippen LogP contribution in [0.2, 0.25) is 0 Å². The van der Waals surface area contributed by atoms with Crippen molar-refractivity contribution in [2.45, 2.75) is 77.0 Å². The molecule has 116 valence electrons. The minimum Gasteiger partial charge on any atom is -0.393 e. The Hall–Kier alpha value is -0.160. The number of rotatable bonds is 11. The van der Waals surface area contributed by atoms with Gasteiger partial charge in [0.1, 0.15) is 0 Å². The zero-order valence-electron chi connectivity index (χ0n) is 13.5. The first kappa shape index (κ1) is 18.8. The molecule has 2 unspecified atom stereocenters. The molecular formula is C15H34N2O2. The molecule has 19 heavy (non-hydrogen) atoms. The summed E-state index contributed by atoms with van der Waals surface area (Å²) in [7, 11) is 1.93.